The second-order valence-electron chi connectivity index (χ2n) is 5.83. The Morgan fingerprint density at radius 2 is 2.07 bits per heavy atom. The Balaban J connectivity index is 1.77. The summed E-state index contributed by atoms with van der Waals surface area (Å²) in [6.07, 6.45) is -2.41. The number of hydrogen-bond donors (Lipinski definition) is 2. The molecule has 0 saturated heterocycles. The number of halogens is 3. The Hall–Kier alpha value is -3.02. The highest BCUT2D eigenvalue weighted by atomic mass is 32.1. The summed E-state index contributed by atoms with van der Waals surface area (Å²) in [5, 5.41) is 13.5. The van der Waals surface area contributed by atoms with Crippen LogP contribution in [0.4, 0.5) is 13.2 Å². The first kappa shape index (κ1) is 19.7. The number of hydrogen-bond acceptors (Lipinski definition) is 5. The third-order valence-electron chi connectivity index (χ3n) is 4.11. The van der Waals surface area contributed by atoms with Gasteiger partial charge in [-0.1, -0.05) is 0 Å². The summed E-state index contributed by atoms with van der Waals surface area (Å²) in [5.74, 6) is 0.360. The van der Waals surface area contributed by atoms with Crippen LogP contribution in [-0.4, -0.2) is 35.4 Å². The molecule has 0 aliphatic heterocycles. The van der Waals surface area contributed by atoms with Crippen LogP contribution in [0.1, 0.15) is 34.4 Å². The summed E-state index contributed by atoms with van der Waals surface area (Å²) in [6.45, 7) is 4.30. The fourth-order valence-corrected chi connectivity index (χ4v) is 2.89. The van der Waals surface area contributed by atoms with Crippen molar-refractivity contribution in [2.45, 2.75) is 33.1 Å². The molecule has 0 fully saturated rings. The van der Waals surface area contributed by atoms with Gasteiger partial charge in [0.25, 0.3) is 5.91 Å². The minimum atomic E-state index is -4.47. The zero-order valence-electron chi connectivity index (χ0n) is 14.9. The predicted molar refractivity (Wildman–Crippen MR) is 95.4 cm³/mol. The number of H-pyrrole nitrogens is 1. The Bertz CT molecular complexity index is 1050. The maximum Gasteiger partial charge on any atom is 0.417 e. The van der Waals surface area contributed by atoms with Crippen LogP contribution in [0, 0.1) is 11.7 Å². The molecule has 2 N–H and O–H groups in total. The summed E-state index contributed by atoms with van der Waals surface area (Å²) < 4.78 is 41.5. The highest BCUT2D eigenvalue weighted by Crippen LogP contribution is 2.28. The minimum Gasteiger partial charge on any atom is -0.345 e. The molecule has 0 radical (unpaired) electrons. The number of nitrogens with one attached hydrogen (secondary N) is 2. The van der Waals surface area contributed by atoms with E-state index in [9.17, 15) is 18.0 Å². The van der Waals surface area contributed by atoms with E-state index in [2.05, 4.69) is 25.6 Å². The maximum absolute atomic E-state index is 12.7. The van der Waals surface area contributed by atoms with Crippen molar-refractivity contribution in [3.05, 3.63) is 51.9 Å². The van der Waals surface area contributed by atoms with Crippen LogP contribution in [0.15, 0.2) is 24.5 Å². The molecule has 12 heteroatoms. The van der Waals surface area contributed by atoms with E-state index in [0.717, 1.165) is 12.3 Å². The van der Waals surface area contributed by atoms with Crippen LogP contribution in [-0.2, 0) is 19.3 Å². The maximum atomic E-state index is 12.7. The number of aromatic nitrogens is 6. The van der Waals surface area contributed by atoms with Crippen molar-refractivity contribution in [2.24, 2.45) is 0 Å². The van der Waals surface area contributed by atoms with Gasteiger partial charge in [0.15, 0.2) is 16.4 Å². The van der Waals surface area contributed by atoms with Gasteiger partial charge in [0.05, 0.1) is 29.6 Å². The van der Waals surface area contributed by atoms with Crippen LogP contribution in [0.2, 0.25) is 0 Å². The van der Waals surface area contributed by atoms with E-state index < -0.39 is 17.6 Å². The Morgan fingerprint density at radius 1 is 1.32 bits per heavy atom. The van der Waals surface area contributed by atoms with Gasteiger partial charge in [-0.25, -0.2) is 9.67 Å². The molecule has 28 heavy (non-hydrogen) atoms. The summed E-state index contributed by atoms with van der Waals surface area (Å²) in [7, 11) is 0. The molecule has 0 aromatic carbocycles. The first-order chi connectivity index (χ1) is 13.2. The van der Waals surface area contributed by atoms with Crippen molar-refractivity contribution in [1.29, 1.82) is 0 Å². The lowest BCUT2D eigenvalue weighted by atomic mass is 10.2. The van der Waals surface area contributed by atoms with Crippen molar-refractivity contribution in [2.75, 3.05) is 0 Å². The number of rotatable bonds is 5. The van der Waals surface area contributed by atoms with E-state index in [-0.39, 0.29) is 17.9 Å². The van der Waals surface area contributed by atoms with E-state index in [0.29, 0.717) is 22.8 Å². The third kappa shape index (κ3) is 3.81. The Kier molecular flexibility index (Phi) is 5.31. The van der Waals surface area contributed by atoms with Gasteiger partial charge in [-0.05, 0) is 38.2 Å². The molecule has 0 bridgehead atoms. The predicted octanol–water partition coefficient (Wildman–Crippen LogP) is 2.80. The number of carbonyl (C=O) groups excluding carboxylic acids is 1. The van der Waals surface area contributed by atoms with Crippen LogP contribution >= 0.6 is 12.2 Å². The van der Waals surface area contributed by atoms with Crippen molar-refractivity contribution in [1.82, 2.24) is 34.8 Å². The molecule has 3 aromatic rings. The summed E-state index contributed by atoms with van der Waals surface area (Å²) in [5.41, 5.74) is -0.138. The topological polar surface area (TPSA) is 93.4 Å². The van der Waals surface area contributed by atoms with E-state index in [1.165, 1.54) is 16.9 Å². The van der Waals surface area contributed by atoms with Crippen molar-refractivity contribution in [3.63, 3.8) is 0 Å². The molecule has 0 saturated carbocycles. The van der Waals surface area contributed by atoms with Crippen molar-refractivity contribution < 1.29 is 18.0 Å². The fourth-order valence-electron chi connectivity index (χ4n) is 2.61. The molecule has 1 amide bonds. The monoisotopic (exact) mass is 411 g/mol. The normalized spacial score (nSPS) is 11.6. The number of aromatic amines is 1. The number of alkyl halides is 3. The zero-order valence-corrected chi connectivity index (χ0v) is 15.7. The number of nitrogens with zero attached hydrogens (tertiary/aromatic N) is 5. The quantitative estimate of drug-likeness (QED) is 0.630. The van der Waals surface area contributed by atoms with E-state index in [4.69, 9.17) is 12.2 Å². The summed E-state index contributed by atoms with van der Waals surface area (Å²) in [4.78, 5) is 16.3. The lowest BCUT2D eigenvalue weighted by Crippen LogP contribution is -2.25. The SMILES string of the molecule is CCn1c(CNC(=O)c2cnn(-c3ccc(C(F)(F)F)cn3)c2C)n[nH]c1=S. The third-order valence-corrected chi connectivity index (χ3v) is 4.42. The van der Waals surface area contributed by atoms with Gasteiger partial charge in [0.2, 0.25) is 0 Å². The molecule has 0 atom stereocenters. The van der Waals surface area contributed by atoms with Gasteiger partial charge in [-0.15, -0.1) is 0 Å². The molecule has 0 spiro atoms. The second-order valence-corrected chi connectivity index (χ2v) is 6.22. The zero-order chi connectivity index (χ0) is 20.5. The number of amides is 1. The largest absolute Gasteiger partial charge is 0.417 e. The highest BCUT2D eigenvalue weighted by Gasteiger charge is 2.30. The van der Waals surface area contributed by atoms with Gasteiger partial charge in [-0.2, -0.15) is 23.4 Å². The van der Waals surface area contributed by atoms with Gasteiger partial charge >= 0.3 is 6.18 Å². The molecular formula is C16H16F3N7OS. The van der Waals surface area contributed by atoms with Crippen LogP contribution < -0.4 is 5.32 Å². The average Bonchev–Trinajstić information content (AvgIpc) is 3.21. The Labute approximate surface area is 162 Å². The lowest BCUT2D eigenvalue weighted by Gasteiger charge is -2.08. The molecule has 3 rings (SSSR count). The standard InChI is InChI=1S/C16H16F3N7OS/c1-3-25-13(23-24-15(25)28)8-21-14(27)11-7-22-26(9(11)2)12-5-4-10(6-20-12)16(17,18)19/h4-7H,3,8H2,1-2H3,(H,21,27)(H,24,28). The Morgan fingerprint density at radius 3 is 2.68 bits per heavy atom. The highest BCUT2D eigenvalue weighted by molar-refractivity contribution is 7.71. The van der Waals surface area contributed by atoms with E-state index in [1.807, 2.05) is 6.92 Å². The van der Waals surface area contributed by atoms with Crippen molar-refractivity contribution in [3.8, 4) is 5.82 Å². The van der Waals surface area contributed by atoms with Gasteiger partial charge in [-0.3, -0.25) is 9.89 Å². The first-order valence-electron chi connectivity index (χ1n) is 8.23. The molecule has 148 valence electrons. The second kappa shape index (κ2) is 7.54. The summed E-state index contributed by atoms with van der Waals surface area (Å²) in [6, 6.07) is 2.11. The average molecular weight is 411 g/mol. The molecule has 0 aliphatic carbocycles. The first-order valence-corrected chi connectivity index (χ1v) is 8.63. The lowest BCUT2D eigenvalue weighted by molar-refractivity contribution is -0.137. The van der Waals surface area contributed by atoms with Gasteiger partial charge in [0, 0.05) is 12.7 Å². The molecule has 0 aliphatic rings. The molecule has 0 unspecified atom stereocenters. The van der Waals surface area contributed by atoms with Gasteiger partial charge < -0.3 is 9.88 Å². The fraction of sp³-hybridized carbons (Fsp3) is 0.312. The van der Waals surface area contributed by atoms with Gasteiger partial charge in [0.1, 0.15) is 0 Å². The van der Waals surface area contributed by atoms with Crippen LogP contribution in [0.25, 0.3) is 5.82 Å². The molecule has 3 aromatic heterocycles. The van der Waals surface area contributed by atoms with E-state index in [1.54, 1.807) is 11.5 Å². The number of pyridine rings is 1. The van der Waals surface area contributed by atoms with E-state index >= 15 is 0 Å². The molecule has 3 heterocycles. The molecule has 8 nitrogen and oxygen atoms in total. The van der Waals surface area contributed by atoms with Crippen molar-refractivity contribution >= 4 is 18.1 Å². The van der Waals surface area contributed by atoms with Crippen LogP contribution in [0.5, 0.6) is 0 Å². The number of carbonyl (C=O) groups is 1. The molecular weight excluding hydrogens is 395 g/mol. The summed E-state index contributed by atoms with van der Waals surface area (Å²) >= 11 is 5.10. The minimum absolute atomic E-state index is 0.156. The van der Waals surface area contributed by atoms with Crippen LogP contribution in [0.3, 0.4) is 0 Å². The smallest absolute Gasteiger partial charge is 0.345 e.